The Balaban J connectivity index is 1.73. The molecule has 0 aliphatic rings. The lowest BCUT2D eigenvalue weighted by Crippen LogP contribution is -2.33. The van der Waals surface area contributed by atoms with Gasteiger partial charge in [-0.2, -0.15) is 5.26 Å². The summed E-state index contributed by atoms with van der Waals surface area (Å²) in [6, 6.07) is 13.9. The first-order valence-corrected chi connectivity index (χ1v) is 11.3. The lowest BCUT2D eigenvalue weighted by atomic mass is 10.1. The van der Waals surface area contributed by atoms with Crippen molar-refractivity contribution in [1.82, 2.24) is 4.98 Å². The van der Waals surface area contributed by atoms with Crippen LogP contribution in [0.2, 0.25) is 0 Å². The summed E-state index contributed by atoms with van der Waals surface area (Å²) in [5, 5.41) is 9.37. The van der Waals surface area contributed by atoms with Crippen LogP contribution in [0.15, 0.2) is 70.8 Å². The second kappa shape index (κ2) is 9.49. The highest BCUT2D eigenvalue weighted by atomic mass is 32.2. The molecule has 0 fully saturated rings. The minimum atomic E-state index is -3.72. The number of nitrogens with two attached hydrogens (primary N) is 1. The quantitative estimate of drug-likeness (QED) is 0.257. The summed E-state index contributed by atoms with van der Waals surface area (Å²) in [7, 11) is -3.72. The number of nitriles is 1. The van der Waals surface area contributed by atoms with Crippen molar-refractivity contribution in [3.05, 3.63) is 83.2 Å². The Morgan fingerprint density at radius 2 is 1.69 bits per heavy atom. The lowest BCUT2D eigenvalue weighted by molar-refractivity contribution is 0.600. The summed E-state index contributed by atoms with van der Waals surface area (Å²) in [5.74, 6) is 0.0498. The zero-order valence-corrected chi connectivity index (χ0v) is 18.9. The molecule has 0 aliphatic heterocycles. The van der Waals surface area contributed by atoms with E-state index in [2.05, 4.69) is 14.7 Å². The third-order valence-electron chi connectivity index (χ3n) is 4.75. The highest BCUT2D eigenvalue weighted by Crippen LogP contribution is 2.24. The van der Waals surface area contributed by atoms with E-state index in [0.29, 0.717) is 22.5 Å². The van der Waals surface area contributed by atoms with Gasteiger partial charge in [-0.25, -0.2) is 18.3 Å². The molecule has 0 amide bonds. The van der Waals surface area contributed by atoms with E-state index in [1.165, 1.54) is 4.90 Å². The Hall–Kier alpha value is -3.90. The molecule has 3 rings (SSSR count). The fourth-order valence-electron chi connectivity index (χ4n) is 3.45. The van der Waals surface area contributed by atoms with Crippen LogP contribution in [0.1, 0.15) is 22.3 Å². The third kappa shape index (κ3) is 5.22. The summed E-state index contributed by atoms with van der Waals surface area (Å²) >= 11 is 0. The lowest BCUT2D eigenvalue weighted by Gasteiger charge is -2.15. The first-order chi connectivity index (χ1) is 15.2. The Morgan fingerprint density at radius 3 is 2.25 bits per heavy atom. The molecule has 0 spiro atoms. The molecule has 1 heterocycles. The van der Waals surface area contributed by atoms with Crippen molar-refractivity contribution in [2.45, 2.75) is 32.2 Å². The van der Waals surface area contributed by atoms with Crippen LogP contribution in [-0.2, 0) is 16.6 Å². The van der Waals surface area contributed by atoms with E-state index in [1.54, 1.807) is 62.6 Å². The average Bonchev–Trinajstić information content (AvgIpc) is 2.73. The van der Waals surface area contributed by atoms with Crippen molar-refractivity contribution < 1.29 is 8.42 Å². The van der Waals surface area contributed by atoms with Gasteiger partial charge in [-0.05, 0) is 61.7 Å². The van der Waals surface area contributed by atoms with E-state index in [4.69, 9.17) is 5.73 Å². The monoisotopic (exact) mass is 448 g/mol. The number of nitrogens with one attached hydrogen (secondary N) is 1. The fourth-order valence-corrected chi connectivity index (χ4v) is 4.97. The average molecular weight is 449 g/mol. The van der Waals surface area contributed by atoms with E-state index in [1.807, 2.05) is 25.2 Å². The highest BCUT2D eigenvalue weighted by Gasteiger charge is 2.20. The van der Waals surface area contributed by atoms with Gasteiger partial charge in [0.2, 0.25) is 5.96 Å². The number of sulfonamides is 1. The number of nitrogens with zero attached hydrogens (tertiary/aromatic N) is 4. The van der Waals surface area contributed by atoms with Gasteiger partial charge in [0.05, 0.1) is 17.1 Å². The first kappa shape index (κ1) is 22.8. The molecule has 0 aliphatic carbocycles. The van der Waals surface area contributed by atoms with Crippen molar-refractivity contribution in [1.29, 1.82) is 5.26 Å². The molecule has 0 bridgehead atoms. The van der Waals surface area contributed by atoms with E-state index in [-0.39, 0.29) is 17.4 Å². The molecule has 0 radical (unpaired) electrons. The molecule has 0 saturated carbocycles. The number of guanidine groups is 1. The van der Waals surface area contributed by atoms with Crippen LogP contribution in [0.5, 0.6) is 0 Å². The number of aryl methyl sites for hydroxylation is 3. The number of benzene rings is 2. The van der Waals surface area contributed by atoms with E-state index >= 15 is 0 Å². The molecular weight excluding hydrogens is 424 g/mol. The molecule has 8 nitrogen and oxygen atoms in total. The molecule has 1 aromatic heterocycles. The molecule has 164 valence electrons. The largest absolute Gasteiger partial charge is 0.369 e. The predicted molar refractivity (Wildman–Crippen MR) is 126 cm³/mol. The van der Waals surface area contributed by atoms with Crippen molar-refractivity contribution in [3.63, 3.8) is 0 Å². The van der Waals surface area contributed by atoms with Gasteiger partial charge in [-0.1, -0.05) is 29.8 Å². The van der Waals surface area contributed by atoms with Crippen molar-refractivity contribution in [2.24, 2.45) is 10.7 Å². The van der Waals surface area contributed by atoms with Crippen LogP contribution in [0.3, 0.4) is 0 Å². The van der Waals surface area contributed by atoms with Crippen molar-refractivity contribution in [3.8, 4) is 6.19 Å². The Labute approximate surface area is 188 Å². The molecule has 0 atom stereocenters. The highest BCUT2D eigenvalue weighted by molar-refractivity contribution is 7.92. The summed E-state index contributed by atoms with van der Waals surface area (Å²) in [6.07, 6.45) is 5.11. The van der Waals surface area contributed by atoms with E-state index in [9.17, 15) is 13.7 Å². The second-order valence-corrected chi connectivity index (χ2v) is 8.96. The summed E-state index contributed by atoms with van der Waals surface area (Å²) in [6.45, 7) is 5.75. The Kier molecular flexibility index (Phi) is 6.76. The van der Waals surface area contributed by atoms with Crippen LogP contribution in [0, 0.1) is 32.2 Å². The molecule has 9 heteroatoms. The Morgan fingerprint density at radius 1 is 1.09 bits per heavy atom. The topological polar surface area (TPSA) is 124 Å². The molecule has 3 N–H and O–H groups in total. The number of pyridine rings is 1. The second-order valence-electron chi connectivity index (χ2n) is 7.35. The maximum Gasteiger partial charge on any atom is 0.262 e. The summed E-state index contributed by atoms with van der Waals surface area (Å²) < 4.78 is 28.4. The third-order valence-corrected chi connectivity index (χ3v) is 6.44. The van der Waals surface area contributed by atoms with E-state index in [0.717, 1.165) is 11.1 Å². The standard InChI is InChI=1S/C23H24N6O2S/c1-16-12-17(2)22(18(3)13-16)32(30,31)28-20-6-4-19(5-7-20)14-27-23(25)29(15-24)21-8-10-26-11-9-21/h4-13,28H,14H2,1-3H3,(H2,25,27). The molecule has 2 aromatic carbocycles. The number of anilines is 2. The smallest absolute Gasteiger partial charge is 0.262 e. The van der Waals surface area contributed by atoms with Crippen molar-refractivity contribution >= 4 is 27.4 Å². The molecule has 3 aromatic rings. The van der Waals surface area contributed by atoms with Gasteiger partial charge in [-0.3, -0.25) is 9.71 Å². The number of rotatable bonds is 6. The fraction of sp³-hybridized carbons (Fsp3) is 0.174. The minimum absolute atomic E-state index is 0.0498. The first-order valence-electron chi connectivity index (χ1n) is 9.80. The zero-order valence-electron chi connectivity index (χ0n) is 18.1. The number of hydrogen-bond donors (Lipinski definition) is 2. The number of hydrogen-bond acceptors (Lipinski definition) is 5. The van der Waals surface area contributed by atoms with Gasteiger partial charge in [0.1, 0.15) is 0 Å². The van der Waals surface area contributed by atoms with Gasteiger partial charge in [0.15, 0.2) is 6.19 Å². The maximum absolute atomic E-state index is 12.9. The zero-order chi connectivity index (χ0) is 23.3. The summed E-state index contributed by atoms with van der Waals surface area (Å²) in [5.41, 5.74) is 10.2. The van der Waals surface area contributed by atoms with Gasteiger partial charge in [0, 0.05) is 18.1 Å². The van der Waals surface area contributed by atoms with Gasteiger partial charge >= 0.3 is 0 Å². The van der Waals surface area contributed by atoms with Gasteiger partial charge in [0.25, 0.3) is 10.0 Å². The SMILES string of the molecule is Cc1cc(C)c(S(=O)(=O)Nc2ccc(CN=C(N)N(C#N)c3ccncc3)cc2)c(C)c1. The van der Waals surface area contributed by atoms with Crippen LogP contribution >= 0.6 is 0 Å². The molecular formula is C23H24N6O2S. The van der Waals surface area contributed by atoms with Crippen LogP contribution < -0.4 is 15.4 Å². The predicted octanol–water partition coefficient (Wildman–Crippen LogP) is 3.61. The van der Waals surface area contributed by atoms with Crippen LogP contribution in [-0.4, -0.2) is 19.4 Å². The van der Waals surface area contributed by atoms with Crippen LogP contribution in [0.4, 0.5) is 11.4 Å². The molecule has 0 unspecified atom stereocenters. The number of aliphatic imine (C=N–C) groups is 1. The number of aromatic nitrogens is 1. The maximum atomic E-state index is 12.9. The van der Waals surface area contributed by atoms with Gasteiger partial charge < -0.3 is 5.73 Å². The normalized spacial score (nSPS) is 11.6. The summed E-state index contributed by atoms with van der Waals surface area (Å²) in [4.78, 5) is 9.67. The van der Waals surface area contributed by atoms with Crippen molar-refractivity contribution in [2.75, 3.05) is 9.62 Å². The van der Waals surface area contributed by atoms with E-state index < -0.39 is 10.0 Å². The Bertz CT molecular complexity index is 1260. The molecule has 0 saturated heterocycles. The van der Waals surface area contributed by atoms with Gasteiger partial charge in [-0.15, -0.1) is 0 Å². The minimum Gasteiger partial charge on any atom is -0.369 e. The van der Waals surface area contributed by atoms with Crippen LogP contribution in [0.25, 0.3) is 0 Å². The molecule has 32 heavy (non-hydrogen) atoms.